The second-order valence-electron chi connectivity index (χ2n) is 26.0. The van der Waals surface area contributed by atoms with Crippen LogP contribution in [0.2, 0.25) is 0 Å². The van der Waals surface area contributed by atoms with Gasteiger partial charge in [0.05, 0.1) is 0 Å². The summed E-state index contributed by atoms with van der Waals surface area (Å²) >= 11 is 0. The molecule has 18 rings (SSSR count). The number of hydrogen-bond acceptors (Lipinski definition) is 0. The molecule has 328 valence electrons. The molecule has 0 amide bonds. The Morgan fingerprint density at radius 3 is 0.780 bits per heavy atom. The molecule has 16 aliphatic carbocycles. The van der Waals surface area contributed by atoms with Gasteiger partial charge >= 0.3 is 0 Å². The van der Waals surface area contributed by atoms with Gasteiger partial charge < -0.3 is 30.3 Å². The Labute approximate surface area is 374 Å². The Hall–Kier alpha value is 0.0795. The molecule has 0 N–H and O–H groups in total. The SMILES string of the molecule is CC(C)(C)[c-]1cc(CP(C2C3CC4CC(C3)CC2C4)C2C3CC4CC(C3)CC2C4)c(CP(C2C3CC4CC(C3)CC2C4)C2C3CC4CC(C3)CC2C4)c1.[Fe].[cH-]1[cH-][cH-][cH-][cH-]1. The van der Waals surface area contributed by atoms with Crippen molar-refractivity contribution < 1.29 is 17.1 Å². The van der Waals surface area contributed by atoms with E-state index in [0.29, 0.717) is 0 Å². The first kappa shape index (κ1) is 40.6. The van der Waals surface area contributed by atoms with Crippen molar-refractivity contribution >= 4 is 15.8 Å². The molecule has 0 atom stereocenters. The molecule has 0 nitrogen and oxygen atoms in total. The van der Waals surface area contributed by atoms with Gasteiger partial charge in [0.25, 0.3) is 0 Å². The zero-order valence-corrected chi connectivity index (χ0v) is 40.3. The molecule has 2 aromatic carbocycles. The summed E-state index contributed by atoms with van der Waals surface area (Å²) in [5.41, 5.74) is 10.5. The van der Waals surface area contributed by atoms with Crippen molar-refractivity contribution in [1.82, 2.24) is 0 Å². The summed E-state index contributed by atoms with van der Waals surface area (Å²) in [6.45, 7) is 7.69. The van der Waals surface area contributed by atoms with Crippen LogP contribution >= 0.6 is 15.8 Å². The van der Waals surface area contributed by atoms with Gasteiger partial charge in [-0.05, 0) is 246 Å². The van der Waals surface area contributed by atoms with E-state index >= 15 is 0 Å². The van der Waals surface area contributed by atoms with Gasteiger partial charge in [0.1, 0.15) is 0 Å². The summed E-state index contributed by atoms with van der Waals surface area (Å²) in [7, 11) is 0.117. The first-order valence-electron chi connectivity index (χ1n) is 26.2. The van der Waals surface area contributed by atoms with Crippen LogP contribution in [0, 0.1) is 94.7 Å². The van der Waals surface area contributed by atoms with Crippen LogP contribution in [0.5, 0.6) is 0 Å². The molecule has 16 fully saturated rings. The van der Waals surface area contributed by atoms with Gasteiger partial charge in [0, 0.05) is 17.1 Å². The third-order valence-corrected chi connectivity index (χ3v) is 29.3. The zero-order valence-electron chi connectivity index (χ0n) is 37.4. The molecule has 0 saturated heterocycles. The van der Waals surface area contributed by atoms with Crippen LogP contribution in [-0.4, -0.2) is 22.6 Å². The zero-order chi connectivity index (χ0) is 38.4. The van der Waals surface area contributed by atoms with Crippen molar-refractivity contribution in [2.45, 2.75) is 190 Å². The van der Waals surface area contributed by atoms with E-state index in [1.54, 1.807) is 146 Å². The van der Waals surface area contributed by atoms with Gasteiger partial charge in [-0.15, -0.1) is 15.8 Å². The van der Waals surface area contributed by atoms with Crippen LogP contribution in [0.25, 0.3) is 0 Å². The third-order valence-electron chi connectivity index (χ3n) is 21.4. The maximum Gasteiger partial charge on any atom is 0 e. The molecule has 0 radical (unpaired) electrons. The minimum absolute atomic E-state index is 0. The van der Waals surface area contributed by atoms with E-state index in [-0.39, 0.29) is 38.3 Å². The van der Waals surface area contributed by atoms with E-state index in [0.717, 1.165) is 117 Å². The smallest absolute Gasteiger partial charge is 0 e. The maximum absolute atomic E-state index is 2.93. The van der Waals surface area contributed by atoms with Crippen LogP contribution < -0.4 is 0 Å². The minimum Gasteiger partial charge on any atom is -0.748 e. The van der Waals surface area contributed by atoms with Gasteiger partial charge in [0.2, 0.25) is 0 Å². The Morgan fingerprint density at radius 1 is 0.390 bits per heavy atom. The molecular weight excluding hydrogens is 790 g/mol. The maximum atomic E-state index is 2.93. The fraction of sp³-hybridized carbons (Fsp3) is 0.821. The van der Waals surface area contributed by atoms with Gasteiger partial charge in [-0.25, -0.2) is 0 Å². The quantitative estimate of drug-likeness (QED) is 0.141. The third kappa shape index (κ3) is 7.22. The average molecular weight is 871 g/mol. The van der Waals surface area contributed by atoms with Crippen LogP contribution in [0.3, 0.4) is 0 Å². The van der Waals surface area contributed by atoms with Crippen molar-refractivity contribution in [3.63, 3.8) is 0 Å². The molecule has 0 heterocycles. The second kappa shape index (κ2) is 15.6. The predicted octanol–water partition coefficient (Wildman–Crippen LogP) is 15.4. The van der Waals surface area contributed by atoms with Crippen molar-refractivity contribution in [3.05, 3.63) is 59.2 Å². The molecule has 16 bridgehead atoms. The summed E-state index contributed by atoms with van der Waals surface area (Å²) in [6, 6.07) is 15.9. The topological polar surface area (TPSA) is 0 Å². The molecular formula is C56H80FeP2-6. The van der Waals surface area contributed by atoms with E-state index in [1.165, 1.54) is 0 Å². The van der Waals surface area contributed by atoms with E-state index < -0.39 is 0 Å². The summed E-state index contributed by atoms with van der Waals surface area (Å²) < 4.78 is 0. The first-order chi connectivity index (χ1) is 28.2. The Bertz CT molecular complexity index is 1460. The van der Waals surface area contributed by atoms with Gasteiger partial charge in [-0.3, -0.25) is 0 Å². The Balaban J connectivity index is 0.000000588. The number of rotatable bonds is 8. The van der Waals surface area contributed by atoms with Crippen molar-refractivity contribution in [2.24, 2.45) is 94.7 Å². The molecule has 0 aromatic heterocycles. The fourth-order valence-electron chi connectivity index (χ4n) is 20.6. The standard InChI is InChI=1S/C51H75P2.C5H5.Fe/c1-51(2,3)46-24-44(26-52(47-36-8-28-4-29(10-36)11-37(47)9-28)48-38-12-30-5-31(14-38)15-39(48)13-30)45(25-46)27-53(49-40-16-32-6-33(18-40)19-41(49)17-32)50-42-20-34-7-35(22-42)23-43(50)21-34;1-2-4-5-3-1;/h24-25,28-43,47-50H,4-23,26-27H2,1-3H3;1-5H;/q-1;-5;. The molecule has 0 unspecified atom stereocenters. The fourth-order valence-corrected chi connectivity index (χ4v) is 29.9. The van der Waals surface area contributed by atoms with Crippen LogP contribution in [-0.2, 0) is 34.8 Å². The normalized spacial score (nSPS) is 49.8. The first-order valence-corrected chi connectivity index (χ1v) is 29.5. The Kier molecular flexibility index (Phi) is 10.7. The molecule has 3 heteroatoms. The molecule has 0 spiro atoms. The summed E-state index contributed by atoms with van der Waals surface area (Å²) in [5.74, 6) is 17.9. The summed E-state index contributed by atoms with van der Waals surface area (Å²) in [5, 5.41) is 0. The van der Waals surface area contributed by atoms with Gasteiger partial charge in [-0.2, -0.15) is 28.8 Å². The summed E-state index contributed by atoms with van der Waals surface area (Å²) in [6.07, 6.45) is 36.0. The van der Waals surface area contributed by atoms with Crippen LogP contribution in [0.1, 0.15) is 166 Å². The molecule has 16 aliphatic rings. The van der Waals surface area contributed by atoms with E-state index in [4.69, 9.17) is 0 Å². The molecule has 16 saturated carbocycles. The number of hydrogen-bond donors (Lipinski definition) is 0. The van der Waals surface area contributed by atoms with Gasteiger partial charge in [-0.1, -0.05) is 38.5 Å². The monoisotopic (exact) mass is 871 g/mol. The predicted molar refractivity (Wildman–Crippen MR) is 247 cm³/mol. The molecule has 0 aliphatic heterocycles. The van der Waals surface area contributed by atoms with Crippen molar-refractivity contribution in [2.75, 3.05) is 0 Å². The second-order valence-corrected chi connectivity index (χ2v) is 31.1. The van der Waals surface area contributed by atoms with Crippen molar-refractivity contribution in [1.29, 1.82) is 0 Å². The average Bonchev–Trinajstić information content (AvgIpc) is 3.88. The van der Waals surface area contributed by atoms with Crippen LogP contribution in [0.4, 0.5) is 0 Å². The van der Waals surface area contributed by atoms with E-state index in [1.807, 2.05) is 41.5 Å². The van der Waals surface area contributed by atoms with E-state index in [9.17, 15) is 0 Å². The molecule has 59 heavy (non-hydrogen) atoms. The van der Waals surface area contributed by atoms with Gasteiger partial charge in [0.15, 0.2) is 0 Å². The van der Waals surface area contributed by atoms with E-state index in [2.05, 4.69) is 32.9 Å². The molecule has 2 aromatic rings. The van der Waals surface area contributed by atoms with Crippen molar-refractivity contribution in [3.8, 4) is 0 Å². The largest absolute Gasteiger partial charge is 0.748 e. The van der Waals surface area contributed by atoms with Crippen LogP contribution in [0.15, 0.2) is 42.5 Å². The Morgan fingerprint density at radius 2 is 0.593 bits per heavy atom. The minimum atomic E-state index is 0. The summed E-state index contributed by atoms with van der Waals surface area (Å²) in [4.78, 5) is 0.